The van der Waals surface area contributed by atoms with Gasteiger partial charge in [0.25, 0.3) is 10.0 Å². The Hall–Kier alpha value is -3.11. The number of anilines is 2. The van der Waals surface area contributed by atoms with E-state index in [1.54, 1.807) is 19.1 Å². The van der Waals surface area contributed by atoms with Crippen LogP contribution in [0, 0.1) is 20.8 Å². The number of thiazole rings is 1. The Bertz CT molecular complexity index is 1140. The summed E-state index contributed by atoms with van der Waals surface area (Å²) in [5, 5.41) is 6.01. The molecule has 0 saturated heterocycles. The monoisotopic (exact) mass is 460 g/mol. The van der Waals surface area contributed by atoms with Crippen molar-refractivity contribution in [2.45, 2.75) is 25.7 Å². The number of urea groups is 1. The highest BCUT2D eigenvalue weighted by Gasteiger charge is 2.18. The van der Waals surface area contributed by atoms with Crippen LogP contribution in [0.3, 0.4) is 0 Å². The Kier molecular flexibility index (Phi) is 7.13. The summed E-state index contributed by atoms with van der Waals surface area (Å²) in [6.07, 6.45) is 0. The van der Waals surface area contributed by atoms with Gasteiger partial charge < -0.3 is 10.1 Å². The molecule has 31 heavy (non-hydrogen) atoms. The first-order chi connectivity index (χ1) is 14.7. The molecule has 0 aliphatic heterocycles. The van der Waals surface area contributed by atoms with Crippen LogP contribution in [-0.4, -0.2) is 32.6 Å². The lowest BCUT2D eigenvalue weighted by atomic mass is 10.2. The first kappa shape index (κ1) is 22.6. The fraction of sp³-hybridized carbons (Fsp3) is 0.238. The third kappa shape index (κ3) is 6.43. The van der Waals surface area contributed by atoms with Crippen molar-refractivity contribution >= 4 is 37.5 Å². The molecule has 0 aliphatic carbocycles. The van der Waals surface area contributed by atoms with Crippen LogP contribution in [0.5, 0.6) is 5.75 Å². The molecule has 2 amide bonds. The van der Waals surface area contributed by atoms with E-state index in [2.05, 4.69) is 20.3 Å². The van der Waals surface area contributed by atoms with Crippen molar-refractivity contribution in [1.82, 2.24) is 10.3 Å². The Morgan fingerprint density at radius 1 is 1.00 bits per heavy atom. The highest BCUT2D eigenvalue weighted by Crippen LogP contribution is 2.29. The third-order valence-corrected chi connectivity index (χ3v) is 6.73. The number of carbonyl (C=O) groups excluding carboxylic acids is 1. The first-order valence-electron chi connectivity index (χ1n) is 9.54. The van der Waals surface area contributed by atoms with Crippen LogP contribution in [0.25, 0.3) is 0 Å². The minimum Gasteiger partial charge on any atom is -0.492 e. The van der Waals surface area contributed by atoms with Crippen LogP contribution in [0.1, 0.15) is 16.8 Å². The van der Waals surface area contributed by atoms with Gasteiger partial charge in [0.2, 0.25) is 0 Å². The molecular weight excluding hydrogens is 436 g/mol. The number of benzene rings is 2. The van der Waals surface area contributed by atoms with E-state index in [4.69, 9.17) is 4.74 Å². The molecule has 2 aromatic carbocycles. The second-order valence-electron chi connectivity index (χ2n) is 6.89. The molecule has 0 bridgehead atoms. The minimum atomic E-state index is -3.76. The van der Waals surface area contributed by atoms with Crippen LogP contribution < -0.4 is 20.1 Å². The van der Waals surface area contributed by atoms with E-state index in [0.717, 1.165) is 28.2 Å². The Balaban J connectivity index is 1.51. The van der Waals surface area contributed by atoms with Gasteiger partial charge in [0, 0.05) is 0 Å². The average molecular weight is 461 g/mol. The number of rotatable bonds is 8. The molecule has 0 unspecified atom stereocenters. The van der Waals surface area contributed by atoms with E-state index in [9.17, 15) is 13.2 Å². The molecule has 8 nitrogen and oxygen atoms in total. The van der Waals surface area contributed by atoms with Crippen LogP contribution in [0.15, 0.2) is 53.4 Å². The zero-order chi connectivity index (χ0) is 22.4. The number of hydrogen-bond donors (Lipinski definition) is 3. The molecule has 0 atom stereocenters. The minimum absolute atomic E-state index is 0.145. The fourth-order valence-electron chi connectivity index (χ4n) is 2.56. The van der Waals surface area contributed by atoms with Crippen LogP contribution >= 0.6 is 11.3 Å². The van der Waals surface area contributed by atoms with Gasteiger partial charge in [-0.25, -0.2) is 18.2 Å². The third-order valence-electron chi connectivity index (χ3n) is 4.25. The van der Waals surface area contributed by atoms with Gasteiger partial charge >= 0.3 is 6.03 Å². The molecule has 0 aliphatic rings. The molecule has 0 spiro atoms. The molecule has 10 heteroatoms. The van der Waals surface area contributed by atoms with Crippen LogP contribution in [-0.2, 0) is 10.0 Å². The number of hydrogen-bond acceptors (Lipinski definition) is 6. The number of aromatic nitrogens is 1. The molecule has 0 radical (unpaired) electrons. The summed E-state index contributed by atoms with van der Waals surface area (Å²) in [7, 11) is -3.76. The van der Waals surface area contributed by atoms with Gasteiger partial charge in [0.05, 0.1) is 17.1 Å². The number of nitrogens with zero attached hydrogens (tertiary/aromatic N) is 1. The molecule has 0 saturated carbocycles. The Morgan fingerprint density at radius 3 is 2.26 bits per heavy atom. The number of nitrogens with one attached hydrogen (secondary N) is 3. The number of sulfonamides is 1. The van der Waals surface area contributed by atoms with Crippen molar-refractivity contribution in [1.29, 1.82) is 0 Å². The smallest absolute Gasteiger partial charge is 0.320 e. The molecule has 1 aromatic heterocycles. The second kappa shape index (κ2) is 9.80. The van der Waals surface area contributed by atoms with Crippen molar-refractivity contribution < 1.29 is 17.9 Å². The second-order valence-corrected chi connectivity index (χ2v) is 9.58. The Labute approximate surface area is 185 Å². The summed E-state index contributed by atoms with van der Waals surface area (Å²) >= 11 is 1.05. The predicted octanol–water partition coefficient (Wildman–Crippen LogP) is 4.07. The summed E-state index contributed by atoms with van der Waals surface area (Å²) < 4.78 is 33.0. The molecular formula is C21H24N4O4S2. The molecule has 1 heterocycles. The highest BCUT2D eigenvalue weighted by atomic mass is 32.2. The molecule has 3 aromatic rings. The van der Waals surface area contributed by atoms with Gasteiger partial charge in [-0.3, -0.25) is 10.0 Å². The molecule has 3 N–H and O–H groups in total. The van der Waals surface area contributed by atoms with Gasteiger partial charge in [-0.1, -0.05) is 46.7 Å². The number of carbonyl (C=O) groups is 1. The van der Waals surface area contributed by atoms with Crippen molar-refractivity contribution in [2.75, 3.05) is 23.2 Å². The zero-order valence-corrected chi connectivity index (χ0v) is 19.1. The van der Waals surface area contributed by atoms with Crippen molar-refractivity contribution in [3.8, 4) is 5.75 Å². The zero-order valence-electron chi connectivity index (χ0n) is 17.4. The number of ether oxygens (including phenoxy) is 1. The summed E-state index contributed by atoms with van der Waals surface area (Å²) in [6.45, 7) is 6.20. The van der Waals surface area contributed by atoms with Crippen LogP contribution in [0.2, 0.25) is 0 Å². The fourth-order valence-corrected chi connectivity index (χ4v) is 4.66. The van der Waals surface area contributed by atoms with Gasteiger partial charge in [0.1, 0.15) is 17.4 Å². The Morgan fingerprint density at radius 2 is 1.61 bits per heavy atom. The SMILES string of the molecule is Cc1ccc(OCCNC(=O)Nc2sc(NS(=O)(=O)c3ccc(C)cc3)nc2C)cc1. The quantitative estimate of drug-likeness (QED) is 0.439. The van der Waals surface area contributed by atoms with Gasteiger partial charge in [0.15, 0.2) is 5.13 Å². The highest BCUT2D eigenvalue weighted by molar-refractivity contribution is 7.93. The lowest BCUT2D eigenvalue weighted by molar-refractivity contribution is 0.247. The average Bonchev–Trinajstić information content (AvgIpc) is 3.05. The number of aryl methyl sites for hydroxylation is 3. The maximum atomic E-state index is 12.5. The van der Waals surface area contributed by atoms with Crippen molar-refractivity contribution in [3.05, 3.63) is 65.4 Å². The summed E-state index contributed by atoms with van der Waals surface area (Å²) in [6, 6.07) is 13.7. The lowest BCUT2D eigenvalue weighted by Crippen LogP contribution is -2.32. The maximum Gasteiger partial charge on any atom is 0.320 e. The lowest BCUT2D eigenvalue weighted by Gasteiger charge is -2.08. The van der Waals surface area contributed by atoms with E-state index < -0.39 is 16.1 Å². The van der Waals surface area contributed by atoms with Crippen molar-refractivity contribution in [2.24, 2.45) is 0 Å². The topological polar surface area (TPSA) is 109 Å². The van der Waals surface area contributed by atoms with E-state index in [1.807, 2.05) is 38.1 Å². The predicted molar refractivity (Wildman–Crippen MR) is 123 cm³/mol. The standard InChI is InChI=1S/C21H24N4O4S2/c1-14-4-8-17(9-5-14)29-13-12-22-20(26)24-19-16(3)23-21(30-19)25-31(27,28)18-10-6-15(2)7-11-18/h4-11H,12-13H2,1-3H3,(H,23,25)(H2,22,24,26). The molecule has 3 rings (SSSR count). The van der Waals surface area contributed by atoms with E-state index >= 15 is 0 Å². The first-order valence-corrected chi connectivity index (χ1v) is 11.8. The summed E-state index contributed by atoms with van der Waals surface area (Å²) in [4.78, 5) is 16.5. The van der Waals surface area contributed by atoms with E-state index in [1.165, 1.54) is 12.1 Å². The van der Waals surface area contributed by atoms with E-state index in [-0.39, 0.29) is 10.0 Å². The van der Waals surface area contributed by atoms with Gasteiger partial charge in [-0.15, -0.1) is 0 Å². The van der Waals surface area contributed by atoms with Gasteiger partial charge in [-0.2, -0.15) is 0 Å². The van der Waals surface area contributed by atoms with E-state index in [0.29, 0.717) is 23.8 Å². The van der Waals surface area contributed by atoms with Crippen molar-refractivity contribution in [3.63, 3.8) is 0 Å². The normalized spacial score (nSPS) is 11.1. The maximum absolute atomic E-state index is 12.5. The van der Waals surface area contributed by atoms with Gasteiger partial charge in [-0.05, 0) is 45.0 Å². The number of amides is 2. The molecule has 164 valence electrons. The van der Waals surface area contributed by atoms with Crippen LogP contribution in [0.4, 0.5) is 14.9 Å². The summed E-state index contributed by atoms with van der Waals surface area (Å²) in [5.41, 5.74) is 2.62. The largest absolute Gasteiger partial charge is 0.492 e. The summed E-state index contributed by atoms with van der Waals surface area (Å²) in [5.74, 6) is 0.733. The molecule has 0 fully saturated rings.